The van der Waals surface area contributed by atoms with Crippen LogP contribution in [-0.4, -0.2) is 12.3 Å². The van der Waals surface area contributed by atoms with Gasteiger partial charge in [-0.1, -0.05) is 0 Å². The molecule has 3 nitrogen and oxygen atoms in total. The van der Waals surface area contributed by atoms with E-state index < -0.39 is 0 Å². The fraction of sp³-hybridized carbons (Fsp3) is 0.545. The Morgan fingerprint density at radius 3 is 2.86 bits per heavy atom. The van der Waals surface area contributed by atoms with Crippen molar-refractivity contribution in [3.8, 4) is 0 Å². The molecule has 0 saturated carbocycles. The van der Waals surface area contributed by atoms with Crippen molar-refractivity contribution >= 4 is 5.78 Å². The van der Waals surface area contributed by atoms with Crippen LogP contribution in [0, 0.1) is 6.92 Å². The molecular formula is C11H17NO2. The second-order valence-electron chi connectivity index (χ2n) is 3.49. The van der Waals surface area contributed by atoms with Gasteiger partial charge in [0.05, 0.1) is 6.54 Å². The van der Waals surface area contributed by atoms with Crippen molar-refractivity contribution < 1.29 is 9.21 Å². The highest BCUT2D eigenvalue weighted by Gasteiger charge is 1.97. The van der Waals surface area contributed by atoms with Crippen molar-refractivity contribution in [2.24, 2.45) is 0 Å². The molecule has 3 heteroatoms. The fourth-order valence-corrected chi connectivity index (χ4v) is 1.25. The van der Waals surface area contributed by atoms with Gasteiger partial charge in [0, 0.05) is 6.42 Å². The van der Waals surface area contributed by atoms with Crippen molar-refractivity contribution in [3.05, 3.63) is 23.7 Å². The van der Waals surface area contributed by atoms with E-state index in [9.17, 15) is 4.79 Å². The van der Waals surface area contributed by atoms with Gasteiger partial charge in [-0.3, -0.25) is 0 Å². The number of Topliss-reactive ketones (excluding diaryl/α,β-unsaturated/α-hetero) is 1. The third kappa shape index (κ3) is 4.23. The Balaban J connectivity index is 2.07. The van der Waals surface area contributed by atoms with Crippen LogP contribution in [0.25, 0.3) is 0 Å². The van der Waals surface area contributed by atoms with Gasteiger partial charge in [-0.2, -0.15) is 0 Å². The Hall–Kier alpha value is -1.09. The summed E-state index contributed by atoms with van der Waals surface area (Å²) in [6.45, 7) is 5.15. The molecule has 0 unspecified atom stereocenters. The van der Waals surface area contributed by atoms with Crippen molar-refractivity contribution in [3.63, 3.8) is 0 Å². The van der Waals surface area contributed by atoms with E-state index in [-0.39, 0.29) is 5.78 Å². The summed E-state index contributed by atoms with van der Waals surface area (Å²) in [7, 11) is 0. The molecular weight excluding hydrogens is 178 g/mol. The molecule has 0 bridgehead atoms. The smallest absolute Gasteiger partial charge is 0.129 e. The highest BCUT2D eigenvalue weighted by atomic mass is 16.3. The Kier molecular flexibility index (Phi) is 4.40. The molecule has 0 aromatic carbocycles. The molecule has 1 aromatic rings. The summed E-state index contributed by atoms with van der Waals surface area (Å²) in [6, 6.07) is 3.92. The Labute approximate surface area is 84.5 Å². The zero-order valence-electron chi connectivity index (χ0n) is 8.80. The van der Waals surface area contributed by atoms with E-state index in [1.54, 1.807) is 6.92 Å². The van der Waals surface area contributed by atoms with Gasteiger partial charge in [0.1, 0.15) is 17.3 Å². The number of hydrogen-bond donors (Lipinski definition) is 1. The first-order valence-electron chi connectivity index (χ1n) is 4.94. The maximum absolute atomic E-state index is 10.6. The van der Waals surface area contributed by atoms with Crippen LogP contribution in [0.3, 0.4) is 0 Å². The number of furan rings is 1. The summed E-state index contributed by atoms with van der Waals surface area (Å²) >= 11 is 0. The molecule has 0 fully saturated rings. The van der Waals surface area contributed by atoms with Crippen molar-refractivity contribution in [2.75, 3.05) is 6.54 Å². The monoisotopic (exact) mass is 195 g/mol. The van der Waals surface area contributed by atoms with Crippen LogP contribution in [0.1, 0.15) is 31.3 Å². The minimum atomic E-state index is 0.251. The molecule has 1 aromatic heterocycles. The van der Waals surface area contributed by atoms with E-state index in [0.717, 1.165) is 31.0 Å². The van der Waals surface area contributed by atoms with Gasteiger partial charge in [-0.05, 0) is 38.9 Å². The van der Waals surface area contributed by atoms with E-state index in [0.29, 0.717) is 6.42 Å². The first-order valence-corrected chi connectivity index (χ1v) is 4.94. The lowest BCUT2D eigenvalue weighted by Crippen LogP contribution is -2.14. The lowest BCUT2D eigenvalue weighted by molar-refractivity contribution is -0.117. The average Bonchev–Trinajstić information content (AvgIpc) is 2.50. The highest BCUT2D eigenvalue weighted by Crippen LogP contribution is 2.05. The van der Waals surface area contributed by atoms with E-state index in [1.165, 1.54) is 0 Å². The Bertz CT molecular complexity index is 291. The molecule has 78 valence electrons. The van der Waals surface area contributed by atoms with Crippen LogP contribution in [-0.2, 0) is 11.3 Å². The first-order chi connectivity index (χ1) is 6.68. The number of carbonyl (C=O) groups is 1. The van der Waals surface area contributed by atoms with E-state index in [1.807, 2.05) is 19.1 Å². The zero-order chi connectivity index (χ0) is 10.4. The molecule has 14 heavy (non-hydrogen) atoms. The standard InChI is InChI=1S/C11H17NO2/c1-9(13)4-3-7-12-8-11-6-5-10(2)14-11/h5-6,12H,3-4,7-8H2,1-2H3. The summed E-state index contributed by atoms with van der Waals surface area (Å²) in [5.41, 5.74) is 0. The SMILES string of the molecule is CC(=O)CCCNCc1ccc(C)o1. The molecule has 0 saturated heterocycles. The molecule has 0 radical (unpaired) electrons. The highest BCUT2D eigenvalue weighted by molar-refractivity contribution is 5.75. The molecule has 0 spiro atoms. The van der Waals surface area contributed by atoms with Gasteiger partial charge >= 0.3 is 0 Å². The number of ketones is 1. The molecule has 0 amide bonds. The second kappa shape index (κ2) is 5.60. The van der Waals surface area contributed by atoms with Crippen LogP contribution in [0.4, 0.5) is 0 Å². The molecule has 0 atom stereocenters. The normalized spacial score (nSPS) is 10.4. The summed E-state index contributed by atoms with van der Waals surface area (Å²) < 4.78 is 5.38. The molecule has 1 N–H and O–H groups in total. The van der Waals surface area contributed by atoms with E-state index in [2.05, 4.69) is 5.32 Å². The molecule has 0 aliphatic carbocycles. The van der Waals surface area contributed by atoms with Crippen LogP contribution >= 0.6 is 0 Å². The van der Waals surface area contributed by atoms with Gasteiger partial charge in [0.2, 0.25) is 0 Å². The Morgan fingerprint density at radius 2 is 2.29 bits per heavy atom. The topological polar surface area (TPSA) is 42.2 Å². The molecule has 1 heterocycles. The fourth-order valence-electron chi connectivity index (χ4n) is 1.25. The maximum atomic E-state index is 10.6. The molecule has 0 aliphatic rings. The van der Waals surface area contributed by atoms with Gasteiger partial charge in [-0.25, -0.2) is 0 Å². The maximum Gasteiger partial charge on any atom is 0.129 e. The van der Waals surface area contributed by atoms with Crippen molar-refractivity contribution in [1.82, 2.24) is 5.32 Å². The van der Waals surface area contributed by atoms with E-state index in [4.69, 9.17) is 4.42 Å². The third-order valence-electron chi connectivity index (χ3n) is 1.98. The summed E-state index contributed by atoms with van der Waals surface area (Å²) in [5, 5.41) is 3.22. The number of rotatable bonds is 6. The number of aryl methyl sites for hydroxylation is 1. The number of nitrogens with one attached hydrogen (secondary N) is 1. The van der Waals surface area contributed by atoms with Crippen LogP contribution < -0.4 is 5.32 Å². The average molecular weight is 195 g/mol. The van der Waals surface area contributed by atoms with Gasteiger partial charge in [0.25, 0.3) is 0 Å². The zero-order valence-corrected chi connectivity index (χ0v) is 8.80. The lowest BCUT2D eigenvalue weighted by Gasteiger charge is -2.00. The predicted octanol–water partition coefficient (Wildman–Crippen LogP) is 2.05. The number of carbonyl (C=O) groups excluding carboxylic acids is 1. The van der Waals surface area contributed by atoms with Gasteiger partial charge < -0.3 is 14.5 Å². The number of hydrogen-bond acceptors (Lipinski definition) is 3. The summed E-state index contributed by atoms with van der Waals surface area (Å²) in [6.07, 6.45) is 1.55. The summed E-state index contributed by atoms with van der Waals surface area (Å²) in [5.74, 6) is 2.14. The first kappa shape index (κ1) is 11.0. The second-order valence-corrected chi connectivity index (χ2v) is 3.49. The largest absolute Gasteiger partial charge is 0.465 e. The van der Waals surface area contributed by atoms with Crippen LogP contribution in [0.5, 0.6) is 0 Å². The van der Waals surface area contributed by atoms with Crippen molar-refractivity contribution in [2.45, 2.75) is 33.2 Å². The minimum Gasteiger partial charge on any atom is -0.465 e. The van der Waals surface area contributed by atoms with Crippen LogP contribution in [0.2, 0.25) is 0 Å². The minimum absolute atomic E-state index is 0.251. The Morgan fingerprint density at radius 1 is 1.50 bits per heavy atom. The lowest BCUT2D eigenvalue weighted by atomic mass is 10.2. The van der Waals surface area contributed by atoms with Gasteiger partial charge in [-0.15, -0.1) is 0 Å². The molecule has 0 aliphatic heterocycles. The molecule has 1 rings (SSSR count). The predicted molar refractivity (Wildman–Crippen MR) is 55.1 cm³/mol. The van der Waals surface area contributed by atoms with E-state index >= 15 is 0 Å². The quantitative estimate of drug-likeness (QED) is 0.706. The van der Waals surface area contributed by atoms with Crippen molar-refractivity contribution in [1.29, 1.82) is 0 Å². The van der Waals surface area contributed by atoms with Crippen LogP contribution in [0.15, 0.2) is 16.5 Å². The third-order valence-corrected chi connectivity index (χ3v) is 1.98. The van der Waals surface area contributed by atoms with Gasteiger partial charge in [0.15, 0.2) is 0 Å². The summed E-state index contributed by atoms with van der Waals surface area (Å²) in [4.78, 5) is 10.6.